The van der Waals surface area contributed by atoms with Gasteiger partial charge in [0.2, 0.25) is 0 Å². The van der Waals surface area contributed by atoms with Crippen LogP contribution in [0.1, 0.15) is 18.1 Å². The quantitative estimate of drug-likeness (QED) is 0.870. The number of hydrogen-bond acceptors (Lipinski definition) is 3. The molecule has 0 aliphatic carbocycles. The zero-order chi connectivity index (χ0) is 15.4. The molecule has 2 rings (SSSR count). The Morgan fingerprint density at radius 1 is 1.14 bits per heavy atom. The van der Waals surface area contributed by atoms with E-state index >= 15 is 0 Å². The van der Waals surface area contributed by atoms with Crippen LogP contribution in [-0.4, -0.2) is 19.3 Å². The van der Waals surface area contributed by atoms with Gasteiger partial charge in [-0.3, -0.25) is 0 Å². The number of benzene rings is 2. The van der Waals surface area contributed by atoms with Crippen LogP contribution in [0.2, 0.25) is 0 Å². The van der Waals surface area contributed by atoms with Crippen molar-refractivity contribution in [2.24, 2.45) is 0 Å². The number of phenolic OH excluding ortho intramolecular Hbond substituents is 1. The summed E-state index contributed by atoms with van der Waals surface area (Å²) < 4.78 is 5.83. The molecule has 2 aromatic carbocycles. The fourth-order valence-electron chi connectivity index (χ4n) is 2.23. The number of methoxy groups -OCH3 is 1. The summed E-state index contributed by atoms with van der Waals surface area (Å²) in [7, 11) is 3.60. The normalized spacial score (nSPS) is 10.5. The fraction of sp³-hybridized carbons (Fsp3) is 0.294. The molecule has 0 fully saturated rings. The monoisotopic (exact) mass is 349 g/mol. The second-order valence-electron chi connectivity index (χ2n) is 5.00. The molecule has 0 heterocycles. The third-order valence-corrected chi connectivity index (χ3v) is 4.12. The summed E-state index contributed by atoms with van der Waals surface area (Å²) in [5.74, 6) is 0.616. The molecular weight excluding hydrogens is 330 g/mol. The maximum atomic E-state index is 9.85. The summed E-state index contributed by atoms with van der Waals surface area (Å²) in [6, 6.07) is 12.3. The molecule has 0 aliphatic heterocycles. The lowest BCUT2D eigenvalue weighted by atomic mass is 10.1. The van der Waals surface area contributed by atoms with E-state index in [2.05, 4.69) is 52.0 Å². The number of phenols is 1. The highest BCUT2D eigenvalue weighted by Crippen LogP contribution is 2.35. The molecule has 0 atom stereocenters. The van der Waals surface area contributed by atoms with E-state index in [9.17, 15) is 5.11 Å². The molecule has 0 saturated heterocycles. The first kappa shape index (κ1) is 15.7. The third-order valence-electron chi connectivity index (χ3n) is 3.51. The van der Waals surface area contributed by atoms with Crippen molar-refractivity contribution in [2.45, 2.75) is 19.9 Å². The average Bonchev–Trinajstić information content (AvgIpc) is 2.50. The van der Waals surface area contributed by atoms with Crippen LogP contribution < -0.4 is 9.64 Å². The Labute approximate surface area is 134 Å². The number of rotatable bonds is 5. The highest BCUT2D eigenvalue weighted by molar-refractivity contribution is 9.10. The standard InChI is InChI=1S/C17H20BrNO2/c1-4-12-5-7-14(8-6-12)19(2)11-13-9-15(18)17(20)16(10-13)21-3/h5-10,20H,4,11H2,1-3H3. The van der Waals surface area contributed by atoms with Crippen LogP contribution in [0.5, 0.6) is 11.5 Å². The molecule has 0 saturated carbocycles. The van der Waals surface area contributed by atoms with Crippen molar-refractivity contribution >= 4 is 21.6 Å². The lowest BCUT2D eigenvalue weighted by Crippen LogP contribution is -2.16. The van der Waals surface area contributed by atoms with Gasteiger partial charge >= 0.3 is 0 Å². The van der Waals surface area contributed by atoms with Gasteiger partial charge in [0.05, 0.1) is 11.6 Å². The molecule has 112 valence electrons. The number of aryl methyl sites for hydroxylation is 1. The molecule has 21 heavy (non-hydrogen) atoms. The van der Waals surface area contributed by atoms with Gasteiger partial charge in [-0.05, 0) is 57.7 Å². The molecule has 0 unspecified atom stereocenters. The minimum Gasteiger partial charge on any atom is -0.503 e. The second-order valence-corrected chi connectivity index (χ2v) is 5.86. The van der Waals surface area contributed by atoms with Gasteiger partial charge in [0.15, 0.2) is 11.5 Å². The number of nitrogens with zero attached hydrogens (tertiary/aromatic N) is 1. The summed E-state index contributed by atoms with van der Waals surface area (Å²) >= 11 is 3.35. The van der Waals surface area contributed by atoms with Gasteiger partial charge in [0, 0.05) is 19.3 Å². The molecule has 0 radical (unpaired) electrons. The van der Waals surface area contributed by atoms with E-state index in [0.29, 0.717) is 10.2 Å². The van der Waals surface area contributed by atoms with E-state index in [1.54, 1.807) is 7.11 Å². The molecule has 0 bridgehead atoms. The lowest BCUT2D eigenvalue weighted by molar-refractivity contribution is 0.371. The van der Waals surface area contributed by atoms with Crippen molar-refractivity contribution in [3.8, 4) is 11.5 Å². The number of aromatic hydroxyl groups is 1. The molecule has 1 N–H and O–H groups in total. The Bertz CT molecular complexity index is 611. The van der Waals surface area contributed by atoms with Gasteiger partial charge in [-0.2, -0.15) is 0 Å². The zero-order valence-electron chi connectivity index (χ0n) is 12.6. The van der Waals surface area contributed by atoms with Gasteiger partial charge in [-0.25, -0.2) is 0 Å². The number of halogens is 1. The predicted molar refractivity (Wildman–Crippen MR) is 90.3 cm³/mol. The lowest BCUT2D eigenvalue weighted by Gasteiger charge is -2.20. The maximum Gasteiger partial charge on any atom is 0.172 e. The van der Waals surface area contributed by atoms with E-state index in [-0.39, 0.29) is 5.75 Å². The zero-order valence-corrected chi connectivity index (χ0v) is 14.1. The number of ether oxygens (including phenoxy) is 1. The van der Waals surface area contributed by atoms with Crippen LogP contribution in [0.25, 0.3) is 0 Å². The molecule has 2 aromatic rings. The van der Waals surface area contributed by atoms with E-state index in [1.165, 1.54) is 5.56 Å². The van der Waals surface area contributed by atoms with Crippen molar-refractivity contribution < 1.29 is 9.84 Å². The second kappa shape index (κ2) is 6.85. The first-order chi connectivity index (χ1) is 10.0. The minimum absolute atomic E-state index is 0.135. The van der Waals surface area contributed by atoms with Crippen LogP contribution in [0.3, 0.4) is 0 Å². The first-order valence-electron chi connectivity index (χ1n) is 6.90. The van der Waals surface area contributed by atoms with Crippen LogP contribution in [0.15, 0.2) is 40.9 Å². The molecular formula is C17H20BrNO2. The van der Waals surface area contributed by atoms with Gasteiger partial charge in [-0.15, -0.1) is 0 Å². The summed E-state index contributed by atoms with van der Waals surface area (Å²) in [6.45, 7) is 2.89. The number of anilines is 1. The Morgan fingerprint density at radius 3 is 2.38 bits per heavy atom. The molecule has 0 amide bonds. The van der Waals surface area contributed by atoms with E-state index in [0.717, 1.165) is 24.2 Å². The van der Waals surface area contributed by atoms with E-state index in [1.807, 2.05) is 19.2 Å². The van der Waals surface area contributed by atoms with Crippen LogP contribution in [-0.2, 0) is 13.0 Å². The highest BCUT2D eigenvalue weighted by Gasteiger charge is 2.10. The van der Waals surface area contributed by atoms with Crippen molar-refractivity contribution in [2.75, 3.05) is 19.1 Å². The predicted octanol–water partition coefficient (Wildman–Crippen LogP) is 4.36. The Morgan fingerprint density at radius 2 is 1.81 bits per heavy atom. The molecule has 4 heteroatoms. The summed E-state index contributed by atoms with van der Waals surface area (Å²) in [4.78, 5) is 2.16. The summed E-state index contributed by atoms with van der Waals surface area (Å²) in [5.41, 5.74) is 3.56. The number of hydrogen-bond donors (Lipinski definition) is 1. The maximum absolute atomic E-state index is 9.85. The van der Waals surface area contributed by atoms with Crippen molar-refractivity contribution in [3.05, 3.63) is 52.0 Å². The fourth-order valence-corrected chi connectivity index (χ4v) is 2.71. The molecule has 3 nitrogen and oxygen atoms in total. The SMILES string of the molecule is CCc1ccc(N(C)Cc2cc(Br)c(O)c(OC)c2)cc1. The van der Waals surface area contributed by atoms with Crippen LogP contribution in [0, 0.1) is 0 Å². The van der Waals surface area contributed by atoms with E-state index < -0.39 is 0 Å². The minimum atomic E-state index is 0.135. The van der Waals surface area contributed by atoms with Crippen molar-refractivity contribution in [3.63, 3.8) is 0 Å². The third kappa shape index (κ3) is 3.70. The summed E-state index contributed by atoms with van der Waals surface area (Å²) in [5, 5.41) is 9.85. The highest BCUT2D eigenvalue weighted by atomic mass is 79.9. The van der Waals surface area contributed by atoms with Gasteiger partial charge in [0.25, 0.3) is 0 Å². The molecule has 0 aromatic heterocycles. The Hall–Kier alpha value is -1.68. The van der Waals surface area contributed by atoms with Crippen molar-refractivity contribution in [1.82, 2.24) is 0 Å². The van der Waals surface area contributed by atoms with E-state index in [4.69, 9.17) is 4.74 Å². The van der Waals surface area contributed by atoms with Gasteiger partial charge in [-0.1, -0.05) is 19.1 Å². The van der Waals surface area contributed by atoms with Crippen LogP contribution in [0.4, 0.5) is 5.69 Å². The molecule has 0 spiro atoms. The summed E-state index contributed by atoms with van der Waals surface area (Å²) in [6.07, 6.45) is 1.05. The largest absolute Gasteiger partial charge is 0.503 e. The Kier molecular flexibility index (Phi) is 5.12. The Balaban J connectivity index is 2.18. The van der Waals surface area contributed by atoms with Gasteiger partial charge in [0.1, 0.15) is 0 Å². The first-order valence-corrected chi connectivity index (χ1v) is 7.70. The average molecular weight is 350 g/mol. The smallest absolute Gasteiger partial charge is 0.172 e. The van der Waals surface area contributed by atoms with Gasteiger partial charge < -0.3 is 14.7 Å². The molecule has 0 aliphatic rings. The topological polar surface area (TPSA) is 32.7 Å². The van der Waals surface area contributed by atoms with Crippen LogP contribution >= 0.6 is 15.9 Å². The van der Waals surface area contributed by atoms with Crippen molar-refractivity contribution in [1.29, 1.82) is 0 Å².